The van der Waals surface area contributed by atoms with Gasteiger partial charge in [0.05, 0.1) is 10.2 Å². The molecule has 4 nitrogen and oxygen atoms in total. The molecule has 1 aromatic heterocycles. The number of ether oxygens (including phenoxy) is 1. The zero-order chi connectivity index (χ0) is 10.7. The summed E-state index contributed by atoms with van der Waals surface area (Å²) in [6.45, 7) is 0.986. The molecule has 76 valence electrons. The fourth-order valence-electron chi connectivity index (χ4n) is 1.22. The van der Waals surface area contributed by atoms with Gasteiger partial charge in [0.15, 0.2) is 5.01 Å². The first kappa shape index (κ1) is 9.90. The Hall–Kier alpha value is -1.64. The summed E-state index contributed by atoms with van der Waals surface area (Å²) in [6.07, 6.45) is 0. The van der Waals surface area contributed by atoms with Crippen molar-refractivity contribution in [3.63, 3.8) is 0 Å². The number of rotatable bonds is 3. The van der Waals surface area contributed by atoms with E-state index in [4.69, 9.17) is 15.7 Å². The molecule has 0 saturated carbocycles. The molecular weight excluding hydrogens is 210 g/mol. The number of hydrogen-bond donors (Lipinski definition) is 1. The van der Waals surface area contributed by atoms with Crippen LogP contribution in [-0.2, 0) is 0 Å². The van der Waals surface area contributed by atoms with Crippen LogP contribution in [0, 0.1) is 11.3 Å². The molecule has 1 heterocycles. The van der Waals surface area contributed by atoms with Crippen LogP contribution >= 0.6 is 11.3 Å². The average Bonchev–Trinajstić information content (AvgIpc) is 2.68. The molecule has 0 saturated heterocycles. The van der Waals surface area contributed by atoms with Crippen LogP contribution in [0.3, 0.4) is 0 Å². The molecule has 0 aliphatic rings. The zero-order valence-electron chi connectivity index (χ0n) is 7.93. The Morgan fingerprint density at radius 2 is 2.40 bits per heavy atom. The summed E-state index contributed by atoms with van der Waals surface area (Å²) in [5.41, 5.74) is 6.17. The topological polar surface area (TPSA) is 71.9 Å². The summed E-state index contributed by atoms with van der Waals surface area (Å²) in [5, 5.41) is 9.17. The monoisotopic (exact) mass is 219 g/mol. The average molecular weight is 219 g/mol. The highest BCUT2D eigenvalue weighted by Crippen LogP contribution is 2.25. The van der Waals surface area contributed by atoms with Gasteiger partial charge in [-0.3, -0.25) is 0 Å². The standard InChI is InChI=1S/C10H9N3OS/c11-3-4-14-7-1-2-8-9(5-7)15-10(6-12)13-8/h1-2,5H,3-4,11H2. The molecule has 1 aromatic carbocycles. The van der Waals surface area contributed by atoms with Crippen LogP contribution in [0.15, 0.2) is 18.2 Å². The van der Waals surface area contributed by atoms with Crippen molar-refractivity contribution in [2.24, 2.45) is 5.73 Å². The summed E-state index contributed by atoms with van der Waals surface area (Å²) < 4.78 is 6.34. The molecule has 2 rings (SSSR count). The van der Waals surface area contributed by atoms with Crippen molar-refractivity contribution in [3.8, 4) is 11.8 Å². The van der Waals surface area contributed by atoms with E-state index in [2.05, 4.69) is 4.98 Å². The lowest BCUT2D eigenvalue weighted by molar-refractivity contribution is 0.329. The van der Waals surface area contributed by atoms with Crippen LogP contribution in [0.5, 0.6) is 5.75 Å². The van der Waals surface area contributed by atoms with Crippen LogP contribution in [0.1, 0.15) is 5.01 Å². The summed E-state index contributed by atoms with van der Waals surface area (Å²) in [4.78, 5) is 4.13. The molecular formula is C10H9N3OS. The summed E-state index contributed by atoms with van der Waals surface area (Å²) in [5.74, 6) is 0.765. The van der Waals surface area contributed by atoms with Gasteiger partial charge in [0.25, 0.3) is 0 Å². The summed E-state index contributed by atoms with van der Waals surface area (Å²) >= 11 is 1.36. The maximum atomic E-state index is 8.70. The van der Waals surface area contributed by atoms with E-state index in [9.17, 15) is 0 Å². The Balaban J connectivity index is 2.34. The van der Waals surface area contributed by atoms with E-state index in [1.807, 2.05) is 24.3 Å². The maximum Gasteiger partial charge on any atom is 0.195 e. The SMILES string of the molecule is N#Cc1nc2ccc(OCCN)cc2s1. The van der Waals surface area contributed by atoms with E-state index < -0.39 is 0 Å². The van der Waals surface area contributed by atoms with Gasteiger partial charge in [-0.1, -0.05) is 0 Å². The molecule has 0 unspecified atom stereocenters. The Morgan fingerprint density at radius 3 is 3.13 bits per heavy atom. The lowest BCUT2D eigenvalue weighted by atomic mass is 10.3. The predicted octanol–water partition coefficient (Wildman–Crippen LogP) is 1.51. The van der Waals surface area contributed by atoms with Crippen molar-refractivity contribution >= 4 is 21.6 Å². The van der Waals surface area contributed by atoms with Crippen LogP contribution < -0.4 is 10.5 Å². The van der Waals surface area contributed by atoms with E-state index in [-0.39, 0.29) is 0 Å². The van der Waals surface area contributed by atoms with E-state index in [0.29, 0.717) is 18.2 Å². The van der Waals surface area contributed by atoms with Crippen molar-refractivity contribution in [1.29, 1.82) is 5.26 Å². The number of aromatic nitrogens is 1. The quantitative estimate of drug-likeness (QED) is 0.849. The first-order valence-corrected chi connectivity index (χ1v) is 5.28. The lowest BCUT2D eigenvalue weighted by Gasteiger charge is -2.02. The minimum absolute atomic E-state index is 0.473. The Morgan fingerprint density at radius 1 is 1.53 bits per heavy atom. The number of benzene rings is 1. The van der Waals surface area contributed by atoms with Gasteiger partial charge < -0.3 is 10.5 Å². The van der Waals surface area contributed by atoms with E-state index in [1.165, 1.54) is 11.3 Å². The van der Waals surface area contributed by atoms with Crippen molar-refractivity contribution in [2.75, 3.05) is 13.2 Å². The lowest BCUT2D eigenvalue weighted by Crippen LogP contribution is -2.10. The number of nitriles is 1. The van der Waals surface area contributed by atoms with Gasteiger partial charge in [0.2, 0.25) is 0 Å². The number of nitrogens with two attached hydrogens (primary N) is 1. The second-order valence-electron chi connectivity index (χ2n) is 2.90. The summed E-state index contributed by atoms with van der Waals surface area (Å²) in [7, 11) is 0. The fraction of sp³-hybridized carbons (Fsp3) is 0.200. The van der Waals surface area contributed by atoms with Crippen LogP contribution in [0.2, 0.25) is 0 Å². The zero-order valence-corrected chi connectivity index (χ0v) is 8.75. The number of fused-ring (bicyclic) bond motifs is 1. The van der Waals surface area contributed by atoms with E-state index in [0.717, 1.165) is 16.0 Å². The van der Waals surface area contributed by atoms with E-state index in [1.54, 1.807) is 0 Å². The van der Waals surface area contributed by atoms with Crippen molar-refractivity contribution < 1.29 is 4.74 Å². The Kier molecular flexibility index (Phi) is 2.81. The molecule has 15 heavy (non-hydrogen) atoms. The van der Waals surface area contributed by atoms with Gasteiger partial charge in [-0.15, -0.1) is 11.3 Å². The maximum absolute atomic E-state index is 8.70. The van der Waals surface area contributed by atoms with Gasteiger partial charge >= 0.3 is 0 Å². The third-order valence-electron chi connectivity index (χ3n) is 1.84. The van der Waals surface area contributed by atoms with Crippen LogP contribution in [0.25, 0.3) is 10.2 Å². The molecule has 0 aliphatic heterocycles. The van der Waals surface area contributed by atoms with Crippen LogP contribution in [0.4, 0.5) is 0 Å². The third-order valence-corrected chi connectivity index (χ3v) is 2.76. The minimum atomic E-state index is 0.473. The highest BCUT2D eigenvalue weighted by Gasteiger charge is 2.03. The van der Waals surface area contributed by atoms with Crippen molar-refractivity contribution in [1.82, 2.24) is 4.98 Å². The van der Waals surface area contributed by atoms with Crippen LogP contribution in [-0.4, -0.2) is 18.1 Å². The molecule has 0 bridgehead atoms. The fourth-order valence-corrected chi connectivity index (χ4v) is 2.01. The Labute approximate surface area is 90.9 Å². The molecule has 2 aromatic rings. The molecule has 0 spiro atoms. The molecule has 0 radical (unpaired) electrons. The van der Waals surface area contributed by atoms with Gasteiger partial charge in [0, 0.05) is 6.54 Å². The largest absolute Gasteiger partial charge is 0.492 e. The van der Waals surface area contributed by atoms with Gasteiger partial charge in [-0.25, -0.2) is 4.98 Å². The molecule has 0 amide bonds. The van der Waals surface area contributed by atoms with Crippen molar-refractivity contribution in [2.45, 2.75) is 0 Å². The third kappa shape index (κ3) is 2.06. The Bertz CT molecular complexity index is 515. The van der Waals surface area contributed by atoms with Gasteiger partial charge in [-0.2, -0.15) is 5.26 Å². The number of thiazole rings is 1. The molecule has 5 heteroatoms. The normalized spacial score (nSPS) is 10.1. The first-order chi connectivity index (χ1) is 7.33. The molecule has 0 fully saturated rings. The second-order valence-corrected chi connectivity index (χ2v) is 3.93. The summed E-state index contributed by atoms with van der Waals surface area (Å²) in [6, 6.07) is 7.58. The predicted molar refractivity (Wildman–Crippen MR) is 58.9 cm³/mol. The smallest absolute Gasteiger partial charge is 0.195 e. The van der Waals surface area contributed by atoms with E-state index >= 15 is 0 Å². The molecule has 0 atom stereocenters. The number of nitrogens with zero attached hydrogens (tertiary/aromatic N) is 2. The van der Waals surface area contributed by atoms with Gasteiger partial charge in [-0.05, 0) is 18.2 Å². The highest BCUT2D eigenvalue weighted by molar-refractivity contribution is 7.19. The second kappa shape index (κ2) is 4.26. The van der Waals surface area contributed by atoms with Gasteiger partial charge in [0.1, 0.15) is 18.4 Å². The minimum Gasteiger partial charge on any atom is -0.492 e. The highest BCUT2D eigenvalue weighted by atomic mass is 32.1. The number of hydrogen-bond acceptors (Lipinski definition) is 5. The molecule has 2 N–H and O–H groups in total. The van der Waals surface area contributed by atoms with Crippen molar-refractivity contribution in [3.05, 3.63) is 23.2 Å². The first-order valence-electron chi connectivity index (χ1n) is 4.47. The molecule has 0 aliphatic carbocycles.